The van der Waals surface area contributed by atoms with E-state index in [-0.39, 0.29) is 0 Å². The standard InChI is InChI=1S/C17H18N4/c18-12-15-6-3-8-19-17(15)20-9-11-21-10-7-14-4-1-2-5-16(14)13-21/h1-6,8H,7,9-11,13H2,(H,19,20). The molecular formula is C17H18N4. The van der Waals surface area contributed by atoms with Gasteiger partial charge in [-0.15, -0.1) is 0 Å². The lowest BCUT2D eigenvalue weighted by molar-refractivity contribution is 0.264. The summed E-state index contributed by atoms with van der Waals surface area (Å²) in [6, 6.07) is 14.4. The van der Waals surface area contributed by atoms with Crippen LogP contribution in [0.15, 0.2) is 42.6 Å². The summed E-state index contributed by atoms with van der Waals surface area (Å²) in [7, 11) is 0. The van der Waals surface area contributed by atoms with E-state index < -0.39 is 0 Å². The van der Waals surface area contributed by atoms with Crippen LogP contribution >= 0.6 is 0 Å². The molecule has 0 saturated heterocycles. The van der Waals surface area contributed by atoms with Crippen molar-refractivity contribution in [3.8, 4) is 6.07 Å². The summed E-state index contributed by atoms with van der Waals surface area (Å²) >= 11 is 0. The molecule has 0 fully saturated rings. The average molecular weight is 278 g/mol. The topological polar surface area (TPSA) is 52.0 Å². The highest BCUT2D eigenvalue weighted by molar-refractivity contribution is 5.51. The number of nitrogens with zero attached hydrogens (tertiary/aromatic N) is 3. The van der Waals surface area contributed by atoms with E-state index in [0.717, 1.165) is 32.6 Å². The molecule has 2 aromatic rings. The van der Waals surface area contributed by atoms with Gasteiger partial charge in [0.1, 0.15) is 11.9 Å². The number of fused-ring (bicyclic) bond motifs is 1. The van der Waals surface area contributed by atoms with Crippen LogP contribution in [0.25, 0.3) is 0 Å². The van der Waals surface area contributed by atoms with E-state index in [1.165, 1.54) is 11.1 Å². The van der Waals surface area contributed by atoms with E-state index in [2.05, 4.69) is 45.5 Å². The number of hydrogen-bond donors (Lipinski definition) is 1. The molecule has 4 heteroatoms. The second kappa shape index (κ2) is 6.38. The molecule has 1 aromatic heterocycles. The highest BCUT2D eigenvalue weighted by Gasteiger charge is 2.15. The number of pyridine rings is 1. The van der Waals surface area contributed by atoms with Gasteiger partial charge < -0.3 is 5.32 Å². The van der Waals surface area contributed by atoms with E-state index in [1.807, 2.05) is 0 Å². The summed E-state index contributed by atoms with van der Waals surface area (Å²) in [6.45, 7) is 3.85. The van der Waals surface area contributed by atoms with E-state index >= 15 is 0 Å². The Balaban J connectivity index is 1.54. The lowest BCUT2D eigenvalue weighted by Crippen LogP contribution is -2.34. The Labute approximate surface area is 125 Å². The van der Waals surface area contributed by atoms with Crippen LogP contribution in [0.3, 0.4) is 0 Å². The molecule has 2 heterocycles. The van der Waals surface area contributed by atoms with Crippen LogP contribution < -0.4 is 5.32 Å². The van der Waals surface area contributed by atoms with Crippen molar-refractivity contribution < 1.29 is 0 Å². The van der Waals surface area contributed by atoms with E-state index in [1.54, 1.807) is 18.3 Å². The molecule has 0 amide bonds. The van der Waals surface area contributed by atoms with Gasteiger partial charge in [-0.2, -0.15) is 5.26 Å². The van der Waals surface area contributed by atoms with Crippen molar-refractivity contribution in [2.24, 2.45) is 0 Å². The monoisotopic (exact) mass is 278 g/mol. The quantitative estimate of drug-likeness (QED) is 0.933. The zero-order valence-electron chi connectivity index (χ0n) is 11.9. The minimum Gasteiger partial charge on any atom is -0.368 e. The Bertz CT molecular complexity index is 660. The molecule has 0 spiro atoms. The van der Waals surface area contributed by atoms with E-state index in [9.17, 15) is 0 Å². The normalized spacial score (nSPS) is 14.2. The largest absolute Gasteiger partial charge is 0.368 e. The van der Waals surface area contributed by atoms with Crippen LogP contribution in [0.4, 0.5) is 5.82 Å². The molecular weight excluding hydrogens is 260 g/mol. The summed E-state index contributed by atoms with van der Waals surface area (Å²) in [5.41, 5.74) is 3.50. The molecule has 1 aliphatic heterocycles. The van der Waals surface area contributed by atoms with Gasteiger partial charge in [-0.1, -0.05) is 24.3 Å². The van der Waals surface area contributed by atoms with Gasteiger partial charge in [0.05, 0.1) is 5.56 Å². The van der Waals surface area contributed by atoms with Crippen molar-refractivity contribution in [1.29, 1.82) is 5.26 Å². The number of anilines is 1. The number of aromatic nitrogens is 1. The van der Waals surface area contributed by atoms with Crippen molar-refractivity contribution in [3.63, 3.8) is 0 Å². The van der Waals surface area contributed by atoms with E-state index in [0.29, 0.717) is 11.4 Å². The number of nitriles is 1. The van der Waals surface area contributed by atoms with Crippen LogP contribution in [-0.2, 0) is 13.0 Å². The third-order valence-corrected chi connectivity index (χ3v) is 3.86. The molecule has 106 valence electrons. The molecule has 0 atom stereocenters. The Morgan fingerprint density at radius 3 is 2.90 bits per heavy atom. The summed E-state index contributed by atoms with van der Waals surface area (Å²) in [4.78, 5) is 6.65. The van der Waals surface area contributed by atoms with Gasteiger partial charge in [-0.25, -0.2) is 4.98 Å². The highest BCUT2D eigenvalue weighted by atomic mass is 15.1. The second-order valence-corrected chi connectivity index (χ2v) is 5.23. The second-order valence-electron chi connectivity index (χ2n) is 5.23. The molecule has 0 unspecified atom stereocenters. The molecule has 1 aromatic carbocycles. The minimum absolute atomic E-state index is 0.599. The third-order valence-electron chi connectivity index (χ3n) is 3.86. The van der Waals surface area contributed by atoms with Crippen molar-refractivity contribution in [1.82, 2.24) is 9.88 Å². The van der Waals surface area contributed by atoms with Crippen molar-refractivity contribution >= 4 is 5.82 Å². The fraction of sp³-hybridized carbons (Fsp3) is 0.294. The lowest BCUT2D eigenvalue weighted by atomic mass is 10.00. The first-order valence-electron chi connectivity index (χ1n) is 7.25. The van der Waals surface area contributed by atoms with Gasteiger partial charge in [0.15, 0.2) is 0 Å². The maximum absolute atomic E-state index is 9.04. The molecule has 0 bridgehead atoms. The van der Waals surface area contributed by atoms with Crippen LogP contribution in [0.1, 0.15) is 16.7 Å². The van der Waals surface area contributed by atoms with Crippen LogP contribution in [0.2, 0.25) is 0 Å². The lowest BCUT2D eigenvalue weighted by Gasteiger charge is -2.28. The first-order chi connectivity index (χ1) is 10.4. The molecule has 1 aliphatic rings. The fourth-order valence-electron chi connectivity index (χ4n) is 2.71. The SMILES string of the molecule is N#Cc1cccnc1NCCN1CCc2ccccc2C1. The maximum atomic E-state index is 9.04. The van der Waals surface area contributed by atoms with Gasteiger partial charge >= 0.3 is 0 Å². The predicted molar refractivity (Wildman–Crippen MR) is 82.9 cm³/mol. The maximum Gasteiger partial charge on any atom is 0.143 e. The Kier molecular flexibility index (Phi) is 4.13. The first kappa shape index (κ1) is 13.6. The summed E-state index contributed by atoms with van der Waals surface area (Å²) in [6.07, 6.45) is 2.82. The van der Waals surface area contributed by atoms with Gasteiger partial charge in [0.2, 0.25) is 0 Å². The molecule has 0 radical (unpaired) electrons. The number of rotatable bonds is 4. The van der Waals surface area contributed by atoms with Gasteiger partial charge in [-0.3, -0.25) is 4.90 Å². The molecule has 3 rings (SSSR count). The minimum atomic E-state index is 0.599. The van der Waals surface area contributed by atoms with Crippen molar-refractivity contribution in [2.75, 3.05) is 25.0 Å². The zero-order valence-corrected chi connectivity index (χ0v) is 11.9. The molecule has 0 aliphatic carbocycles. The van der Waals surface area contributed by atoms with Crippen molar-refractivity contribution in [2.45, 2.75) is 13.0 Å². The first-order valence-corrected chi connectivity index (χ1v) is 7.25. The number of benzene rings is 1. The predicted octanol–water partition coefficient (Wildman–Crippen LogP) is 2.42. The number of hydrogen-bond acceptors (Lipinski definition) is 4. The Hall–Kier alpha value is -2.38. The summed E-state index contributed by atoms with van der Waals surface area (Å²) < 4.78 is 0. The van der Waals surface area contributed by atoms with E-state index in [4.69, 9.17) is 5.26 Å². The van der Waals surface area contributed by atoms with Crippen LogP contribution in [0.5, 0.6) is 0 Å². The average Bonchev–Trinajstić information content (AvgIpc) is 2.55. The van der Waals surface area contributed by atoms with Crippen LogP contribution in [-0.4, -0.2) is 29.5 Å². The molecule has 1 N–H and O–H groups in total. The fourth-order valence-corrected chi connectivity index (χ4v) is 2.71. The zero-order chi connectivity index (χ0) is 14.5. The van der Waals surface area contributed by atoms with Gasteiger partial charge in [-0.05, 0) is 29.7 Å². The van der Waals surface area contributed by atoms with Crippen LogP contribution in [0, 0.1) is 11.3 Å². The third kappa shape index (κ3) is 3.21. The van der Waals surface area contributed by atoms with Gasteiger partial charge in [0, 0.05) is 32.4 Å². The summed E-state index contributed by atoms with van der Waals surface area (Å²) in [5.74, 6) is 0.678. The number of nitrogens with one attached hydrogen (secondary N) is 1. The van der Waals surface area contributed by atoms with Crippen molar-refractivity contribution in [3.05, 3.63) is 59.3 Å². The summed E-state index contributed by atoms with van der Waals surface area (Å²) in [5, 5.41) is 12.3. The molecule has 21 heavy (non-hydrogen) atoms. The smallest absolute Gasteiger partial charge is 0.143 e. The molecule has 4 nitrogen and oxygen atoms in total. The van der Waals surface area contributed by atoms with Gasteiger partial charge in [0.25, 0.3) is 0 Å². The Morgan fingerprint density at radius 2 is 2.05 bits per heavy atom. The Morgan fingerprint density at radius 1 is 1.19 bits per heavy atom. The molecule has 0 saturated carbocycles. The highest BCUT2D eigenvalue weighted by Crippen LogP contribution is 2.18.